The highest BCUT2D eigenvalue weighted by Crippen LogP contribution is 2.34. The molecule has 0 spiro atoms. The Morgan fingerprint density at radius 3 is 2.46 bits per heavy atom. The second kappa shape index (κ2) is 9.67. The molecule has 37 heavy (non-hydrogen) atoms. The van der Waals surface area contributed by atoms with Gasteiger partial charge in [0, 0.05) is 47.6 Å². The number of nitrogens with zero attached hydrogens (tertiary/aromatic N) is 4. The summed E-state index contributed by atoms with van der Waals surface area (Å²) in [6.45, 7) is 1.84. The molecule has 4 aromatic rings. The largest absolute Gasteiger partial charge is 0.416 e. The van der Waals surface area contributed by atoms with Crippen molar-refractivity contribution in [1.29, 1.82) is 0 Å². The van der Waals surface area contributed by atoms with E-state index in [0.717, 1.165) is 12.1 Å². The molecule has 1 fully saturated rings. The monoisotopic (exact) mass is 532 g/mol. The standard InChI is InChI=1S/C25H20F4N4O3S/c1-37(35)23-18-5-2-15(24(34)32-8-10-36-11-9-32)12-21(18)33(31-23)22-7-3-16(14-30-22)19-13-17(25(27,28)29)4-6-20(19)26/h2-7,12-14H,8-11H2,1H3. The summed E-state index contributed by atoms with van der Waals surface area (Å²) < 4.78 is 72.8. The summed E-state index contributed by atoms with van der Waals surface area (Å²) in [5, 5.41) is 5.28. The van der Waals surface area contributed by atoms with Crippen molar-refractivity contribution in [2.24, 2.45) is 0 Å². The third kappa shape index (κ3) is 4.86. The molecule has 1 aliphatic rings. The van der Waals surface area contributed by atoms with Crippen molar-refractivity contribution in [1.82, 2.24) is 19.7 Å². The first-order valence-corrected chi connectivity index (χ1v) is 12.8. The Balaban J connectivity index is 1.56. The van der Waals surface area contributed by atoms with E-state index in [1.54, 1.807) is 23.1 Å². The number of morpholine rings is 1. The van der Waals surface area contributed by atoms with Crippen LogP contribution < -0.4 is 0 Å². The Bertz CT molecular complexity index is 1510. The van der Waals surface area contributed by atoms with Crippen molar-refractivity contribution in [3.8, 4) is 16.9 Å². The zero-order valence-corrected chi connectivity index (χ0v) is 20.3. The number of hydrogen-bond acceptors (Lipinski definition) is 5. The van der Waals surface area contributed by atoms with Crippen molar-refractivity contribution in [2.45, 2.75) is 11.2 Å². The number of carbonyl (C=O) groups excluding carboxylic acids is 1. The average molecular weight is 533 g/mol. The summed E-state index contributed by atoms with van der Waals surface area (Å²) in [7, 11) is -1.45. The normalized spacial score (nSPS) is 15.2. The maximum atomic E-state index is 14.4. The molecule has 7 nitrogen and oxygen atoms in total. The van der Waals surface area contributed by atoms with E-state index >= 15 is 0 Å². The van der Waals surface area contributed by atoms with Gasteiger partial charge >= 0.3 is 6.18 Å². The number of hydrogen-bond donors (Lipinski definition) is 0. The minimum Gasteiger partial charge on any atom is -0.378 e. The first kappa shape index (κ1) is 25.0. The lowest BCUT2D eigenvalue weighted by Crippen LogP contribution is -2.40. The summed E-state index contributed by atoms with van der Waals surface area (Å²) in [5.74, 6) is -0.740. The molecule has 1 unspecified atom stereocenters. The van der Waals surface area contributed by atoms with Crippen LogP contribution in [-0.4, -0.2) is 62.3 Å². The molecule has 1 aliphatic heterocycles. The highest BCUT2D eigenvalue weighted by Gasteiger charge is 2.31. The van der Waals surface area contributed by atoms with Crippen LogP contribution in [0.2, 0.25) is 0 Å². The topological polar surface area (TPSA) is 77.3 Å². The minimum absolute atomic E-state index is 0.145. The molecule has 1 atom stereocenters. The van der Waals surface area contributed by atoms with E-state index < -0.39 is 28.4 Å². The minimum atomic E-state index is -4.62. The zero-order chi connectivity index (χ0) is 26.3. The van der Waals surface area contributed by atoms with Gasteiger partial charge in [0.2, 0.25) is 0 Å². The predicted octanol–water partition coefficient (Wildman–Crippen LogP) is 4.46. The van der Waals surface area contributed by atoms with E-state index in [1.807, 2.05) is 0 Å². The molecule has 2 aromatic heterocycles. The summed E-state index contributed by atoms with van der Waals surface area (Å²) in [6, 6.07) is 10.0. The van der Waals surface area contributed by atoms with Gasteiger partial charge in [0.05, 0.1) is 35.1 Å². The molecule has 0 aliphatic carbocycles. The number of aromatic nitrogens is 3. The van der Waals surface area contributed by atoms with Gasteiger partial charge in [-0.25, -0.2) is 14.1 Å². The number of carbonyl (C=O) groups is 1. The van der Waals surface area contributed by atoms with Crippen LogP contribution in [0.4, 0.5) is 17.6 Å². The Morgan fingerprint density at radius 2 is 1.81 bits per heavy atom. The highest BCUT2D eigenvalue weighted by molar-refractivity contribution is 7.84. The fraction of sp³-hybridized carbons (Fsp3) is 0.240. The van der Waals surface area contributed by atoms with Crippen LogP contribution in [-0.2, 0) is 21.7 Å². The summed E-state index contributed by atoms with van der Waals surface area (Å²) in [5.41, 5.74) is -0.181. The lowest BCUT2D eigenvalue weighted by Gasteiger charge is -2.26. The molecule has 0 N–H and O–H groups in total. The van der Waals surface area contributed by atoms with Gasteiger partial charge in [0.15, 0.2) is 10.8 Å². The van der Waals surface area contributed by atoms with Crippen LogP contribution in [0.3, 0.4) is 0 Å². The fourth-order valence-electron chi connectivity index (χ4n) is 4.15. The summed E-state index contributed by atoms with van der Waals surface area (Å²) >= 11 is 0. The van der Waals surface area contributed by atoms with E-state index in [1.165, 1.54) is 29.3 Å². The van der Waals surface area contributed by atoms with Gasteiger partial charge in [-0.15, -0.1) is 0 Å². The second-order valence-electron chi connectivity index (χ2n) is 8.41. The van der Waals surface area contributed by atoms with Crippen LogP contribution in [0.1, 0.15) is 15.9 Å². The smallest absolute Gasteiger partial charge is 0.378 e. The van der Waals surface area contributed by atoms with E-state index in [2.05, 4.69) is 10.1 Å². The van der Waals surface area contributed by atoms with Crippen molar-refractivity contribution in [3.63, 3.8) is 0 Å². The molecule has 0 bridgehead atoms. The Hall–Kier alpha value is -3.64. The van der Waals surface area contributed by atoms with Crippen LogP contribution in [0.15, 0.2) is 59.8 Å². The predicted molar refractivity (Wildman–Crippen MR) is 128 cm³/mol. The van der Waals surface area contributed by atoms with E-state index in [9.17, 15) is 26.6 Å². The number of alkyl halides is 3. The van der Waals surface area contributed by atoms with Gasteiger partial charge in [-0.05, 0) is 48.5 Å². The number of amides is 1. The molecule has 1 amide bonds. The highest BCUT2D eigenvalue weighted by atomic mass is 32.2. The molecule has 3 heterocycles. The van der Waals surface area contributed by atoms with E-state index in [-0.39, 0.29) is 27.9 Å². The van der Waals surface area contributed by atoms with Gasteiger partial charge in [-0.2, -0.15) is 18.3 Å². The van der Waals surface area contributed by atoms with E-state index in [0.29, 0.717) is 48.8 Å². The van der Waals surface area contributed by atoms with Crippen molar-refractivity contribution in [2.75, 3.05) is 32.6 Å². The van der Waals surface area contributed by atoms with Crippen molar-refractivity contribution < 1.29 is 31.3 Å². The molecule has 2 aromatic carbocycles. The number of rotatable bonds is 4. The molecule has 192 valence electrons. The van der Waals surface area contributed by atoms with Gasteiger partial charge in [-0.3, -0.25) is 9.00 Å². The molecule has 12 heteroatoms. The third-order valence-electron chi connectivity index (χ3n) is 6.03. The zero-order valence-electron chi connectivity index (χ0n) is 19.5. The van der Waals surface area contributed by atoms with Gasteiger partial charge < -0.3 is 9.64 Å². The van der Waals surface area contributed by atoms with Crippen LogP contribution in [0, 0.1) is 5.82 Å². The van der Waals surface area contributed by atoms with Crippen LogP contribution in [0.25, 0.3) is 27.8 Å². The summed E-state index contributed by atoms with van der Waals surface area (Å²) in [6.07, 6.45) is -1.90. The molecule has 1 saturated heterocycles. The Kier molecular flexibility index (Phi) is 6.54. The maximum absolute atomic E-state index is 14.4. The fourth-order valence-corrected chi connectivity index (χ4v) is 4.83. The number of fused-ring (bicyclic) bond motifs is 1. The molecule has 5 rings (SSSR count). The van der Waals surface area contributed by atoms with Gasteiger partial charge in [0.25, 0.3) is 5.91 Å². The quantitative estimate of drug-likeness (QED) is 0.363. The molecular formula is C25H20F4N4O3S. The average Bonchev–Trinajstić information content (AvgIpc) is 3.28. The van der Waals surface area contributed by atoms with Gasteiger partial charge in [-0.1, -0.05) is 0 Å². The molecule has 0 saturated carbocycles. The third-order valence-corrected chi connectivity index (χ3v) is 6.88. The van der Waals surface area contributed by atoms with Crippen molar-refractivity contribution >= 4 is 27.6 Å². The number of pyridine rings is 1. The van der Waals surface area contributed by atoms with Crippen LogP contribution in [0.5, 0.6) is 0 Å². The number of benzene rings is 2. The lowest BCUT2D eigenvalue weighted by atomic mass is 10.0. The van der Waals surface area contributed by atoms with Crippen LogP contribution >= 0.6 is 0 Å². The Labute approximate surface area is 211 Å². The van der Waals surface area contributed by atoms with Gasteiger partial charge in [0.1, 0.15) is 5.82 Å². The summed E-state index contributed by atoms with van der Waals surface area (Å²) in [4.78, 5) is 19.0. The number of ether oxygens (including phenoxy) is 1. The first-order chi connectivity index (χ1) is 17.6. The first-order valence-electron chi connectivity index (χ1n) is 11.2. The van der Waals surface area contributed by atoms with Crippen molar-refractivity contribution in [3.05, 3.63) is 71.7 Å². The molecular weight excluding hydrogens is 512 g/mol. The maximum Gasteiger partial charge on any atom is 0.416 e. The second-order valence-corrected chi connectivity index (χ2v) is 9.70. The lowest BCUT2D eigenvalue weighted by molar-refractivity contribution is -0.137. The number of halogens is 4. The van der Waals surface area contributed by atoms with E-state index in [4.69, 9.17) is 4.74 Å². The Morgan fingerprint density at radius 1 is 1.05 bits per heavy atom. The molecule has 0 radical (unpaired) electrons. The SMILES string of the molecule is CS(=O)c1nn(-c2ccc(-c3cc(C(F)(F)F)ccc3F)cn2)c2cc(C(=O)N3CCOCC3)ccc12.